The lowest BCUT2D eigenvalue weighted by atomic mass is 9.89. The molecule has 1 N–H and O–H groups in total. The maximum atomic E-state index is 13.7. The van der Waals surface area contributed by atoms with Crippen molar-refractivity contribution in [1.29, 1.82) is 0 Å². The summed E-state index contributed by atoms with van der Waals surface area (Å²) in [6, 6.07) is 9.52. The normalized spacial score (nSPS) is 19.2. The molecule has 6 heteroatoms. The number of aryl methyl sites for hydroxylation is 2. The van der Waals surface area contributed by atoms with Crippen molar-refractivity contribution in [1.82, 2.24) is 4.90 Å². The van der Waals surface area contributed by atoms with Crippen LogP contribution >= 0.6 is 0 Å². The van der Waals surface area contributed by atoms with E-state index >= 15 is 0 Å². The molecule has 1 heterocycles. The first-order chi connectivity index (χ1) is 12.7. The molecule has 1 saturated heterocycles. The molecule has 1 aliphatic heterocycles. The molecule has 3 nitrogen and oxygen atoms in total. The van der Waals surface area contributed by atoms with Crippen LogP contribution in [-0.2, 0) is 11.0 Å². The van der Waals surface area contributed by atoms with Crippen LogP contribution in [0.1, 0.15) is 46.7 Å². The number of alkyl halides is 3. The predicted octanol–water partition coefficient (Wildman–Crippen LogP) is 4.96. The second-order valence-corrected chi connectivity index (χ2v) is 7.08. The van der Waals surface area contributed by atoms with Crippen molar-refractivity contribution in [3.63, 3.8) is 0 Å². The molecule has 0 saturated carbocycles. The average molecular weight is 377 g/mol. The van der Waals surface area contributed by atoms with Gasteiger partial charge in [-0.15, -0.1) is 0 Å². The van der Waals surface area contributed by atoms with Crippen molar-refractivity contribution < 1.29 is 23.1 Å². The number of hydrogen-bond donors (Lipinski definition) is 1. The topological polar surface area (TPSA) is 40.5 Å². The summed E-state index contributed by atoms with van der Waals surface area (Å²) in [5, 5.41) is 9.61. The van der Waals surface area contributed by atoms with Crippen LogP contribution in [0.25, 0.3) is 0 Å². The Kier molecular flexibility index (Phi) is 5.29. The summed E-state index contributed by atoms with van der Waals surface area (Å²) >= 11 is 0. The van der Waals surface area contributed by atoms with Crippen LogP contribution in [0.15, 0.2) is 42.5 Å². The SMILES string of the molecule is Cc1ccc(C(c2ccccc2C(F)(F)F)N2CCCC2C(=O)O)c(C)c1. The fourth-order valence-corrected chi connectivity index (χ4v) is 4.01. The third-order valence-corrected chi connectivity index (χ3v) is 5.19. The van der Waals surface area contributed by atoms with Crippen LogP contribution < -0.4 is 0 Å². The Hall–Kier alpha value is -2.34. The molecule has 3 rings (SSSR count). The zero-order valence-electron chi connectivity index (χ0n) is 15.3. The average Bonchev–Trinajstić information content (AvgIpc) is 3.06. The van der Waals surface area contributed by atoms with Gasteiger partial charge in [-0.2, -0.15) is 13.2 Å². The number of hydrogen-bond acceptors (Lipinski definition) is 2. The fraction of sp³-hybridized carbons (Fsp3) is 0.381. The molecule has 2 atom stereocenters. The van der Waals surface area contributed by atoms with Gasteiger partial charge in [0.25, 0.3) is 0 Å². The molecule has 0 bridgehead atoms. The number of likely N-dealkylation sites (tertiary alicyclic amines) is 1. The molecular weight excluding hydrogens is 355 g/mol. The van der Waals surface area contributed by atoms with Gasteiger partial charge < -0.3 is 5.11 Å². The standard InChI is InChI=1S/C21H22F3NO2/c1-13-9-10-15(14(2)12-13)19(25-11-5-8-18(25)20(26)27)16-6-3-4-7-17(16)21(22,23)24/h3-4,6-7,9-10,12,18-19H,5,8,11H2,1-2H3,(H,26,27). The van der Waals surface area contributed by atoms with Crippen molar-refractivity contribution in [2.24, 2.45) is 0 Å². The maximum Gasteiger partial charge on any atom is 0.416 e. The monoisotopic (exact) mass is 377 g/mol. The quantitative estimate of drug-likeness (QED) is 0.819. The summed E-state index contributed by atoms with van der Waals surface area (Å²) in [4.78, 5) is 13.4. The number of rotatable bonds is 4. The molecule has 2 aromatic rings. The van der Waals surface area contributed by atoms with Crippen LogP contribution in [0.3, 0.4) is 0 Å². The third-order valence-electron chi connectivity index (χ3n) is 5.19. The van der Waals surface area contributed by atoms with E-state index in [4.69, 9.17) is 0 Å². The van der Waals surface area contributed by atoms with E-state index in [1.54, 1.807) is 11.0 Å². The molecule has 2 unspecified atom stereocenters. The second kappa shape index (κ2) is 7.35. The number of halogens is 3. The summed E-state index contributed by atoms with van der Waals surface area (Å²) < 4.78 is 41.1. The summed E-state index contributed by atoms with van der Waals surface area (Å²) in [5.41, 5.74) is 1.96. The first-order valence-corrected chi connectivity index (χ1v) is 8.92. The molecule has 1 fully saturated rings. The highest BCUT2D eigenvalue weighted by Gasteiger charge is 2.41. The smallest absolute Gasteiger partial charge is 0.416 e. The van der Waals surface area contributed by atoms with Gasteiger partial charge in [0.1, 0.15) is 6.04 Å². The molecule has 0 radical (unpaired) electrons. The van der Waals surface area contributed by atoms with Gasteiger partial charge in [0.15, 0.2) is 0 Å². The van der Waals surface area contributed by atoms with E-state index < -0.39 is 29.8 Å². The van der Waals surface area contributed by atoms with Crippen LogP contribution in [0.4, 0.5) is 13.2 Å². The Labute approximate surface area is 156 Å². The Bertz CT molecular complexity index is 848. The summed E-state index contributed by atoms with van der Waals surface area (Å²) in [6.45, 7) is 4.23. The summed E-state index contributed by atoms with van der Waals surface area (Å²) in [7, 11) is 0. The molecule has 0 spiro atoms. The minimum absolute atomic E-state index is 0.102. The van der Waals surface area contributed by atoms with Gasteiger partial charge in [0.2, 0.25) is 0 Å². The Morgan fingerprint density at radius 2 is 1.85 bits per heavy atom. The molecule has 1 aliphatic rings. The molecule has 27 heavy (non-hydrogen) atoms. The third kappa shape index (κ3) is 3.86. The highest BCUT2D eigenvalue weighted by molar-refractivity contribution is 5.74. The van der Waals surface area contributed by atoms with Gasteiger partial charge in [-0.3, -0.25) is 9.69 Å². The van der Waals surface area contributed by atoms with Crippen LogP contribution in [0, 0.1) is 13.8 Å². The predicted molar refractivity (Wildman–Crippen MR) is 96.6 cm³/mol. The molecule has 0 aliphatic carbocycles. The van der Waals surface area contributed by atoms with Crippen LogP contribution in [0.2, 0.25) is 0 Å². The maximum absolute atomic E-state index is 13.7. The first kappa shape index (κ1) is 19.4. The number of aliphatic carboxylic acids is 1. The Morgan fingerprint density at radius 3 is 2.48 bits per heavy atom. The van der Waals surface area contributed by atoms with E-state index in [9.17, 15) is 23.1 Å². The van der Waals surface area contributed by atoms with Crippen LogP contribution in [0.5, 0.6) is 0 Å². The zero-order valence-corrected chi connectivity index (χ0v) is 15.3. The minimum Gasteiger partial charge on any atom is -0.480 e. The van der Waals surface area contributed by atoms with Crippen molar-refractivity contribution in [2.45, 2.75) is 44.9 Å². The van der Waals surface area contributed by atoms with Crippen molar-refractivity contribution >= 4 is 5.97 Å². The molecule has 144 valence electrons. The number of carbonyl (C=O) groups is 1. The van der Waals surface area contributed by atoms with Gasteiger partial charge in [0, 0.05) is 6.54 Å². The van der Waals surface area contributed by atoms with E-state index in [0.717, 1.165) is 17.2 Å². The minimum atomic E-state index is -4.51. The number of benzene rings is 2. The fourth-order valence-electron chi connectivity index (χ4n) is 4.01. The van der Waals surface area contributed by atoms with E-state index in [1.165, 1.54) is 12.1 Å². The second-order valence-electron chi connectivity index (χ2n) is 7.08. The largest absolute Gasteiger partial charge is 0.480 e. The van der Waals surface area contributed by atoms with Gasteiger partial charge in [-0.25, -0.2) is 0 Å². The Morgan fingerprint density at radius 1 is 1.15 bits per heavy atom. The highest BCUT2D eigenvalue weighted by Crippen LogP contribution is 2.42. The zero-order chi connectivity index (χ0) is 19.8. The van der Waals surface area contributed by atoms with Gasteiger partial charge in [-0.1, -0.05) is 42.0 Å². The molecular formula is C21H22F3NO2. The molecule has 0 aromatic heterocycles. The van der Waals surface area contributed by atoms with Gasteiger partial charge in [0.05, 0.1) is 11.6 Å². The molecule has 0 amide bonds. The van der Waals surface area contributed by atoms with Crippen molar-refractivity contribution in [3.05, 3.63) is 70.3 Å². The number of carboxylic acids is 1. The Balaban J connectivity index is 2.22. The number of carboxylic acid groups (broad SMARTS) is 1. The lowest BCUT2D eigenvalue weighted by molar-refractivity contribution is -0.143. The van der Waals surface area contributed by atoms with Crippen LogP contribution in [-0.4, -0.2) is 28.6 Å². The van der Waals surface area contributed by atoms with E-state index in [-0.39, 0.29) is 5.56 Å². The molecule has 2 aromatic carbocycles. The summed E-state index contributed by atoms with van der Waals surface area (Å²) in [6.07, 6.45) is -3.43. The van der Waals surface area contributed by atoms with E-state index in [2.05, 4.69) is 0 Å². The lowest BCUT2D eigenvalue weighted by Crippen LogP contribution is -2.40. The van der Waals surface area contributed by atoms with Gasteiger partial charge in [-0.05, 0) is 49.4 Å². The first-order valence-electron chi connectivity index (χ1n) is 8.92. The lowest BCUT2D eigenvalue weighted by Gasteiger charge is -2.34. The van der Waals surface area contributed by atoms with E-state index in [1.807, 2.05) is 32.0 Å². The van der Waals surface area contributed by atoms with E-state index in [0.29, 0.717) is 24.9 Å². The van der Waals surface area contributed by atoms with Crippen molar-refractivity contribution in [2.75, 3.05) is 6.54 Å². The van der Waals surface area contributed by atoms with Crippen molar-refractivity contribution in [3.8, 4) is 0 Å². The number of nitrogens with zero attached hydrogens (tertiary/aromatic N) is 1. The highest BCUT2D eigenvalue weighted by atomic mass is 19.4. The van der Waals surface area contributed by atoms with Gasteiger partial charge >= 0.3 is 12.1 Å². The summed E-state index contributed by atoms with van der Waals surface area (Å²) in [5.74, 6) is -0.994.